The van der Waals surface area contributed by atoms with E-state index in [4.69, 9.17) is 16.3 Å². The Morgan fingerprint density at radius 3 is 2.80 bits per heavy atom. The summed E-state index contributed by atoms with van der Waals surface area (Å²) in [6, 6.07) is 12.1. The van der Waals surface area contributed by atoms with Gasteiger partial charge in [0, 0.05) is 34.7 Å². The van der Waals surface area contributed by atoms with Gasteiger partial charge in [-0.1, -0.05) is 17.7 Å². The molecule has 0 spiro atoms. The molecule has 0 saturated heterocycles. The zero-order chi connectivity index (χ0) is 17.6. The number of amides is 1. The van der Waals surface area contributed by atoms with Gasteiger partial charge in [0.25, 0.3) is 5.91 Å². The standard InChI is InChI=1S/C18H15ClN4O2/c1-25-16-10-13(19)5-6-15(16)23-18(24)12-3-2-4-14(9-12)22-17-11-20-7-8-21-17/h2-11H,1H3,(H,21,22)(H,23,24). The molecule has 0 radical (unpaired) electrons. The summed E-state index contributed by atoms with van der Waals surface area (Å²) in [7, 11) is 1.52. The molecule has 0 aliphatic carbocycles. The Bertz CT molecular complexity index is 887. The van der Waals surface area contributed by atoms with Crippen molar-refractivity contribution in [1.29, 1.82) is 0 Å². The second-order valence-electron chi connectivity index (χ2n) is 5.10. The van der Waals surface area contributed by atoms with E-state index >= 15 is 0 Å². The molecule has 0 fully saturated rings. The number of aromatic nitrogens is 2. The molecule has 3 rings (SSSR count). The first-order valence-corrected chi connectivity index (χ1v) is 7.81. The van der Waals surface area contributed by atoms with Crippen molar-refractivity contribution in [3.63, 3.8) is 0 Å². The molecule has 0 saturated carbocycles. The predicted molar refractivity (Wildman–Crippen MR) is 97.7 cm³/mol. The molecular weight excluding hydrogens is 340 g/mol. The van der Waals surface area contributed by atoms with E-state index in [1.807, 2.05) is 6.07 Å². The van der Waals surface area contributed by atoms with Gasteiger partial charge in [0.15, 0.2) is 0 Å². The molecule has 25 heavy (non-hydrogen) atoms. The topological polar surface area (TPSA) is 76.1 Å². The van der Waals surface area contributed by atoms with Crippen molar-refractivity contribution in [3.8, 4) is 5.75 Å². The largest absolute Gasteiger partial charge is 0.495 e. The predicted octanol–water partition coefficient (Wildman–Crippen LogP) is 4.13. The van der Waals surface area contributed by atoms with E-state index in [1.165, 1.54) is 7.11 Å². The number of benzene rings is 2. The Hall–Kier alpha value is -3.12. The van der Waals surface area contributed by atoms with Crippen molar-refractivity contribution < 1.29 is 9.53 Å². The number of methoxy groups -OCH3 is 1. The molecule has 1 aromatic heterocycles. The van der Waals surface area contributed by atoms with Crippen molar-refractivity contribution in [1.82, 2.24) is 9.97 Å². The summed E-state index contributed by atoms with van der Waals surface area (Å²) in [5, 5.41) is 6.45. The van der Waals surface area contributed by atoms with Gasteiger partial charge in [-0.15, -0.1) is 0 Å². The van der Waals surface area contributed by atoms with Crippen LogP contribution in [0.1, 0.15) is 10.4 Å². The highest BCUT2D eigenvalue weighted by atomic mass is 35.5. The average Bonchev–Trinajstić information content (AvgIpc) is 2.64. The number of anilines is 3. The molecule has 3 aromatic rings. The van der Waals surface area contributed by atoms with Crippen molar-refractivity contribution in [2.24, 2.45) is 0 Å². The molecule has 0 bridgehead atoms. The quantitative estimate of drug-likeness (QED) is 0.720. The Labute approximate surface area is 149 Å². The number of hydrogen-bond donors (Lipinski definition) is 2. The summed E-state index contributed by atoms with van der Waals surface area (Å²) >= 11 is 5.93. The van der Waals surface area contributed by atoms with E-state index < -0.39 is 0 Å². The maximum absolute atomic E-state index is 12.5. The Morgan fingerprint density at radius 2 is 2.04 bits per heavy atom. The number of nitrogens with zero attached hydrogens (tertiary/aromatic N) is 2. The lowest BCUT2D eigenvalue weighted by atomic mass is 10.1. The highest BCUT2D eigenvalue weighted by Gasteiger charge is 2.11. The number of halogens is 1. The second-order valence-corrected chi connectivity index (χ2v) is 5.53. The molecule has 126 valence electrons. The van der Waals surface area contributed by atoms with Crippen molar-refractivity contribution >= 4 is 34.7 Å². The van der Waals surface area contributed by atoms with E-state index in [2.05, 4.69) is 20.6 Å². The van der Waals surface area contributed by atoms with Gasteiger partial charge in [-0.05, 0) is 30.3 Å². The molecule has 1 heterocycles. The smallest absolute Gasteiger partial charge is 0.255 e. The summed E-state index contributed by atoms with van der Waals surface area (Å²) < 4.78 is 5.24. The fourth-order valence-corrected chi connectivity index (χ4v) is 2.37. The van der Waals surface area contributed by atoms with Gasteiger partial charge < -0.3 is 15.4 Å². The molecular formula is C18H15ClN4O2. The minimum Gasteiger partial charge on any atom is -0.495 e. The number of carbonyl (C=O) groups is 1. The molecule has 2 N–H and O–H groups in total. The van der Waals surface area contributed by atoms with E-state index in [-0.39, 0.29) is 5.91 Å². The number of rotatable bonds is 5. The first-order chi connectivity index (χ1) is 12.2. The van der Waals surface area contributed by atoms with Crippen LogP contribution in [0.3, 0.4) is 0 Å². The Balaban J connectivity index is 1.78. The first kappa shape index (κ1) is 16.7. The van der Waals surface area contributed by atoms with Crippen LogP contribution in [0.25, 0.3) is 0 Å². The van der Waals surface area contributed by atoms with Crippen LogP contribution in [0, 0.1) is 0 Å². The summed E-state index contributed by atoms with van der Waals surface area (Å²) in [6.07, 6.45) is 4.78. The summed E-state index contributed by atoms with van der Waals surface area (Å²) in [5.41, 5.74) is 1.77. The lowest BCUT2D eigenvalue weighted by Gasteiger charge is -2.11. The molecule has 1 amide bonds. The third-order valence-electron chi connectivity index (χ3n) is 3.37. The van der Waals surface area contributed by atoms with Gasteiger partial charge in [-0.25, -0.2) is 4.98 Å². The fraction of sp³-hybridized carbons (Fsp3) is 0.0556. The van der Waals surface area contributed by atoms with Crippen molar-refractivity contribution in [2.75, 3.05) is 17.7 Å². The molecule has 0 unspecified atom stereocenters. The maximum Gasteiger partial charge on any atom is 0.255 e. The van der Waals surface area contributed by atoms with Crippen LogP contribution in [0.5, 0.6) is 5.75 Å². The summed E-state index contributed by atoms with van der Waals surface area (Å²) in [5.74, 6) is 0.831. The van der Waals surface area contributed by atoms with Crippen molar-refractivity contribution in [3.05, 3.63) is 71.6 Å². The SMILES string of the molecule is COc1cc(Cl)ccc1NC(=O)c1cccc(Nc2cnccn2)c1. The summed E-state index contributed by atoms with van der Waals surface area (Å²) in [6.45, 7) is 0. The van der Waals surface area contributed by atoms with E-state index in [0.717, 1.165) is 5.69 Å². The number of hydrogen-bond acceptors (Lipinski definition) is 5. The number of ether oxygens (including phenoxy) is 1. The van der Waals surface area contributed by atoms with Gasteiger partial charge in [0.05, 0.1) is 19.0 Å². The zero-order valence-corrected chi connectivity index (χ0v) is 14.1. The fourth-order valence-electron chi connectivity index (χ4n) is 2.21. The number of carbonyl (C=O) groups excluding carboxylic acids is 1. The van der Waals surface area contributed by atoms with Gasteiger partial charge >= 0.3 is 0 Å². The lowest BCUT2D eigenvalue weighted by Crippen LogP contribution is -2.12. The molecule has 0 atom stereocenters. The minimum atomic E-state index is -0.261. The van der Waals surface area contributed by atoms with Gasteiger partial charge in [0.1, 0.15) is 11.6 Å². The third-order valence-corrected chi connectivity index (χ3v) is 3.61. The van der Waals surface area contributed by atoms with E-state index in [9.17, 15) is 4.79 Å². The molecule has 7 heteroatoms. The molecule has 2 aromatic carbocycles. The average molecular weight is 355 g/mol. The molecule has 0 aliphatic heterocycles. The Morgan fingerprint density at radius 1 is 1.16 bits per heavy atom. The normalized spacial score (nSPS) is 10.2. The van der Waals surface area contributed by atoms with Crippen molar-refractivity contribution in [2.45, 2.75) is 0 Å². The third kappa shape index (κ3) is 4.24. The minimum absolute atomic E-state index is 0.261. The molecule has 0 aliphatic rings. The van der Waals surface area contributed by atoms with Crippen LogP contribution in [-0.2, 0) is 0 Å². The van der Waals surface area contributed by atoms with Crippen LogP contribution >= 0.6 is 11.6 Å². The van der Waals surface area contributed by atoms with E-state index in [0.29, 0.717) is 27.8 Å². The monoisotopic (exact) mass is 354 g/mol. The summed E-state index contributed by atoms with van der Waals surface area (Å²) in [4.78, 5) is 20.7. The second kappa shape index (κ2) is 7.63. The molecule has 6 nitrogen and oxygen atoms in total. The number of nitrogens with one attached hydrogen (secondary N) is 2. The highest BCUT2D eigenvalue weighted by molar-refractivity contribution is 6.30. The van der Waals surface area contributed by atoms with E-state index in [1.54, 1.807) is 55.0 Å². The highest BCUT2D eigenvalue weighted by Crippen LogP contribution is 2.28. The maximum atomic E-state index is 12.5. The van der Waals surface area contributed by atoms with Crippen LogP contribution in [0.2, 0.25) is 5.02 Å². The van der Waals surface area contributed by atoms with Gasteiger partial charge in [-0.3, -0.25) is 9.78 Å². The van der Waals surface area contributed by atoms with Crippen LogP contribution in [0.15, 0.2) is 61.1 Å². The van der Waals surface area contributed by atoms with Crippen LogP contribution in [-0.4, -0.2) is 23.0 Å². The van der Waals surface area contributed by atoms with Crippen LogP contribution in [0.4, 0.5) is 17.2 Å². The lowest BCUT2D eigenvalue weighted by molar-refractivity contribution is 0.102. The van der Waals surface area contributed by atoms with Gasteiger partial charge in [0.2, 0.25) is 0 Å². The Kier molecular flexibility index (Phi) is 5.11. The van der Waals surface area contributed by atoms with Gasteiger partial charge in [-0.2, -0.15) is 0 Å². The first-order valence-electron chi connectivity index (χ1n) is 7.44. The zero-order valence-electron chi connectivity index (χ0n) is 13.4. The van der Waals surface area contributed by atoms with Crippen LogP contribution < -0.4 is 15.4 Å².